The maximum Gasteiger partial charge on any atom is 2.00 e. The molecule has 5 nitrogen and oxygen atoms in total. The Labute approximate surface area is 285 Å². The molecular weight excluding hydrogens is 748 g/mol. The quantitative estimate of drug-likeness (QED) is 0.137. The van der Waals surface area contributed by atoms with Gasteiger partial charge >= 0.3 is 21.1 Å². The number of fused-ring (bicyclic) bond motifs is 3. The molecule has 0 atom stereocenters. The van der Waals surface area contributed by atoms with Gasteiger partial charge in [-0.05, 0) is 66.1 Å². The van der Waals surface area contributed by atoms with Gasteiger partial charge in [-0.2, -0.15) is 17.2 Å². The molecule has 0 saturated heterocycles. The van der Waals surface area contributed by atoms with Crippen molar-refractivity contribution in [2.75, 3.05) is 0 Å². The summed E-state index contributed by atoms with van der Waals surface area (Å²) in [7, 11) is 0. The molecule has 4 aromatic carbocycles. The zero-order chi connectivity index (χ0) is 30.9. The summed E-state index contributed by atoms with van der Waals surface area (Å²) in [4.78, 5) is 4.70. The minimum absolute atomic E-state index is 0. The predicted octanol–water partition coefficient (Wildman–Crippen LogP) is 10.2. The zero-order valence-electron chi connectivity index (χ0n) is 26.5. The van der Waals surface area contributed by atoms with Gasteiger partial charge in [-0.3, -0.25) is 4.68 Å². The van der Waals surface area contributed by atoms with E-state index in [1.807, 2.05) is 30.5 Å². The van der Waals surface area contributed by atoms with E-state index in [1.54, 1.807) is 0 Å². The molecule has 0 fully saturated rings. The van der Waals surface area contributed by atoms with Crippen LogP contribution in [0.3, 0.4) is 0 Å². The number of aromatic nitrogens is 4. The molecule has 3 aromatic heterocycles. The molecule has 0 amide bonds. The minimum Gasteiger partial charge on any atom is -0.509 e. The second kappa shape index (κ2) is 13.5. The summed E-state index contributed by atoms with van der Waals surface area (Å²) in [6.45, 7) is 8.74. The number of pyridine rings is 1. The van der Waals surface area contributed by atoms with E-state index in [1.165, 1.54) is 16.8 Å². The van der Waals surface area contributed by atoms with Gasteiger partial charge in [0.05, 0.1) is 5.69 Å². The molecule has 46 heavy (non-hydrogen) atoms. The third kappa shape index (κ3) is 5.92. The van der Waals surface area contributed by atoms with Crippen molar-refractivity contribution in [2.45, 2.75) is 52.9 Å². The van der Waals surface area contributed by atoms with Gasteiger partial charge in [-0.1, -0.05) is 81.2 Å². The molecule has 0 radical (unpaired) electrons. The van der Waals surface area contributed by atoms with E-state index in [0.29, 0.717) is 11.5 Å². The monoisotopic (exact) mass is 783 g/mol. The minimum atomic E-state index is 0. The van der Waals surface area contributed by atoms with Gasteiger partial charge in [0.15, 0.2) is 0 Å². The van der Waals surface area contributed by atoms with Gasteiger partial charge in [-0.25, -0.2) is 4.98 Å². The predicted molar refractivity (Wildman–Crippen MR) is 183 cm³/mol. The molecule has 7 rings (SSSR count). The van der Waals surface area contributed by atoms with E-state index in [4.69, 9.17) is 14.8 Å². The molecule has 0 aliphatic carbocycles. The fourth-order valence-corrected chi connectivity index (χ4v) is 6.12. The van der Waals surface area contributed by atoms with Crippen LogP contribution >= 0.6 is 0 Å². The van der Waals surface area contributed by atoms with Crippen LogP contribution in [-0.2, 0) is 27.5 Å². The van der Waals surface area contributed by atoms with Gasteiger partial charge in [0.2, 0.25) is 0 Å². The van der Waals surface area contributed by atoms with Crippen molar-refractivity contribution in [1.29, 1.82) is 0 Å². The fourth-order valence-electron chi connectivity index (χ4n) is 6.12. The largest absolute Gasteiger partial charge is 2.00 e. The van der Waals surface area contributed by atoms with Crippen molar-refractivity contribution in [3.8, 4) is 34.1 Å². The van der Waals surface area contributed by atoms with Crippen LogP contribution in [-0.4, -0.2) is 19.3 Å². The summed E-state index contributed by atoms with van der Waals surface area (Å²) in [6, 6.07) is 40.3. The van der Waals surface area contributed by atoms with Crippen molar-refractivity contribution < 1.29 is 25.8 Å². The molecule has 0 unspecified atom stereocenters. The van der Waals surface area contributed by atoms with Crippen LogP contribution in [0, 0.1) is 19.1 Å². The molecule has 0 aliphatic rings. The fraction of sp³-hybridized carbons (Fsp3) is 0.200. The zero-order valence-corrected chi connectivity index (χ0v) is 28.8. The standard InChI is InChI=1S/C40H36N4O.Pt/c1-5-6-18-36-39(29-13-8-7-9-14-29)40(27(2)3)42-44(36)30-15-12-16-31(25-30)45-32-20-21-34-33-17-10-11-19-35(33)43(37(34)26-32)38-24-28(4)22-23-41-38;/h7-17,19-24,27H,5-6,18H2,1-4H3;/q-2;+2. The maximum atomic E-state index is 6.46. The summed E-state index contributed by atoms with van der Waals surface area (Å²) in [5.41, 5.74) is 8.76. The topological polar surface area (TPSA) is 44.9 Å². The first kappa shape index (κ1) is 31.5. The third-order valence-electron chi connectivity index (χ3n) is 8.27. The first-order valence-corrected chi connectivity index (χ1v) is 15.8. The van der Waals surface area contributed by atoms with E-state index in [0.717, 1.165) is 63.8 Å². The number of ether oxygens (including phenoxy) is 1. The molecule has 0 bridgehead atoms. The average molecular weight is 784 g/mol. The number of hydrogen-bond acceptors (Lipinski definition) is 3. The van der Waals surface area contributed by atoms with Crippen LogP contribution in [0.25, 0.3) is 44.4 Å². The molecule has 7 aromatic rings. The first-order chi connectivity index (χ1) is 22.0. The van der Waals surface area contributed by atoms with Gasteiger partial charge in [0.1, 0.15) is 5.82 Å². The second-order valence-corrected chi connectivity index (χ2v) is 11.9. The van der Waals surface area contributed by atoms with Crippen LogP contribution in [0.15, 0.2) is 103 Å². The van der Waals surface area contributed by atoms with E-state index >= 15 is 0 Å². The van der Waals surface area contributed by atoms with E-state index in [9.17, 15) is 0 Å². The van der Waals surface area contributed by atoms with Crippen molar-refractivity contribution in [2.24, 2.45) is 0 Å². The number of rotatable bonds is 9. The van der Waals surface area contributed by atoms with Crippen molar-refractivity contribution in [3.05, 3.63) is 132 Å². The Morgan fingerprint density at radius 3 is 2.39 bits per heavy atom. The Morgan fingerprint density at radius 2 is 1.61 bits per heavy atom. The van der Waals surface area contributed by atoms with Crippen LogP contribution in [0.5, 0.6) is 11.5 Å². The average Bonchev–Trinajstić information content (AvgIpc) is 3.60. The van der Waals surface area contributed by atoms with Gasteiger partial charge in [0.25, 0.3) is 0 Å². The molecule has 6 heteroatoms. The molecule has 0 aliphatic heterocycles. The summed E-state index contributed by atoms with van der Waals surface area (Å²) >= 11 is 0. The third-order valence-corrected chi connectivity index (χ3v) is 8.27. The number of hydrogen-bond donors (Lipinski definition) is 0. The summed E-state index contributed by atoms with van der Waals surface area (Å²) in [6.07, 6.45) is 4.97. The molecule has 0 N–H and O–H groups in total. The normalized spacial score (nSPS) is 11.3. The molecule has 0 saturated carbocycles. The smallest absolute Gasteiger partial charge is 0.509 e. The van der Waals surface area contributed by atoms with Crippen molar-refractivity contribution in [1.82, 2.24) is 19.3 Å². The van der Waals surface area contributed by atoms with E-state index < -0.39 is 0 Å². The Kier molecular flexibility index (Phi) is 9.24. The van der Waals surface area contributed by atoms with Crippen LogP contribution in [0.4, 0.5) is 0 Å². The molecule has 0 spiro atoms. The Hall–Kier alpha value is -4.47. The van der Waals surface area contributed by atoms with Gasteiger partial charge in [0, 0.05) is 34.5 Å². The second-order valence-electron chi connectivity index (χ2n) is 11.9. The van der Waals surface area contributed by atoms with Crippen LogP contribution in [0.2, 0.25) is 0 Å². The SMILES string of the molecule is CCCCc1c(-c2ccccc2)c(C(C)C)nn1-c1[c-]c(Oc2[c-]c3c(cc2)c2ccccc2n3-c2cc(C)ccn2)ccc1.[Pt+2]. The van der Waals surface area contributed by atoms with Gasteiger partial charge in [-0.15, -0.1) is 35.7 Å². The Bertz CT molecular complexity index is 2130. The first-order valence-electron chi connectivity index (χ1n) is 15.8. The number of para-hydroxylation sites is 1. The van der Waals surface area contributed by atoms with Gasteiger partial charge < -0.3 is 9.30 Å². The van der Waals surface area contributed by atoms with E-state index in [-0.39, 0.29) is 27.0 Å². The molecular formula is C40H36N4OPt. The molecule has 3 heterocycles. The van der Waals surface area contributed by atoms with E-state index in [2.05, 4.69) is 122 Å². The number of nitrogens with zero attached hydrogens (tertiary/aromatic N) is 4. The summed E-state index contributed by atoms with van der Waals surface area (Å²) < 4.78 is 10.7. The number of aryl methyl sites for hydroxylation is 1. The summed E-state index contributed by atoms with van der Waals surface area (Å²) in [5.74, 6) is 2.37. The Morgan fingerprint density at radius 1 is 0.826 bits per heavy atom. The maximum absolute atomic E-state index is 6.46. The van der Waals surface area contributed by atoms with Crippen LogP contribution < -0.4 is 4.74 Å². The van der Waals surface area contributed by atoms with Crippen LogP contribution in [0.1, 0.15) is 56.5 Å². The van der Waals surface area contributed by atoms with Crippen molar-refractivity contribution in [3.63, 3.8) is 0 Å². The van der Waals surface area contributed by atoms with Crippen molar-refractivity contribution >= 4 is 21.8 Å². The molecule has 232 valence electrons. The number of benzene rings is 4. The summed E-state index contributed by atoms with van der Waals surface area (Å²) in [5, 5.41) is 7.44. The Balaban J connectivity index is 0.00000372. The number of unbranched alkanes of at least 4 members (excludes halogenated alkanes) is 1.